The maximum Gasteiger partial charge on any atom is 0.261 e. The molecule has 0 atom stereocenters. The molecule has 0 aliphatic heterocycles. The molecule has 0 radical (unpaired) electrons. The molecule has 0 aromatic carbocycles. The number of nitrogens with zero attached hydrogens (tertiary/aromatic N) is 4. The number of rotatable bonds is 4. The molecule has 6 nitrogen and oxygen atoms in total. The molecule has 0 spiro atoms. The first kappa shape index (κ1) is 10.2. The van der Waals surface area contributed by atoms with E-state index in [9.17, 15) is 0 Å². The second-order valence-corrected chi connectivity index (χ2v) is 3.83. The van der Waals surface area contributed by atoms with E-state index in [0.717, 1.165) is 23.4 Å². The van der Waals surface area contributed by atoms with E-state index in [1.807, 2.05) is 6.92 Å². The minimum Gasteiger partial charge on any atom is -0.420 e. The van der Waals surface area contributed by atoms with Crippen molar-refractivity contribution in [1.82, 2.24) is 19.8 Å². The highest BCUT2D eigenvalue weighted by atomic mass is 32.1. The van der Waals surface area contributed by atoms with Gasteiger partial charge in [-0.25, -0.2) is 0 Å². The van der Waals surface area contributed by atoms with Crippen LogP contribution in [0.5, 0.6) is 0 Å². The first-order chi connectivity index (χ1) is 7.31. The van der Waals surface area contributed by atoms with Gasteiger partial charge >= 0.3 is 0 Å². The highest BCUT2D eigenvalue weighted by Crippen LogP contribution is 2.23. The molecular formula is C8H11N5OS. The zero-order valence-corrected chi connectivity index (χ0v) is 9.12. The molecule has 2 aromatic heterocycles. The molecule has 80 valence electrons. The predicted octanol–water partition coefficient (Wildman–Crippen LogP) is 0.788. The Morgan fingerprint density at radius 1 is 1.33 bits per heavy atom. The Morgan fingerprint density at radius 2 is 2.20 bits per heavy atom. The van der Waals surface area contributed by atoms with Gasteiger partial charge < -0.3 is 10.2 Å². The Bertz CT molecular complexity index is 438. The van der Waals surface area contributed by atoms with Crippen LogP contribution in [0.2, 0.25) is 0 Å². The fourth-order valence-electron chi connectivity index (χ4n) is 1.13. The van der Waals surface area contributed by atoms with Gasteiger partial charge in [0, 0.05) is 6.42 Å². The van der Waals surface area contributed by atoms with E-state index in [0.29, 0.717) is 18.3 Å². The molecule has 2 heterocycles. The maximum atomic E-state index is 5.46. The second kappa shape index (κ2) is 4.45. The summed E-state index contributed by atoms with van der Waals surface area (Å²) in [4.78, 5) is 0.835. The number of hydrogen-bond donors (Lipinski definition) is 1. The summed E-state index contributed by atoms with van der Waals surface area (Å²) in [7, 11) is 0. The quantitative estimate of drug-likeness (QED) is 0.827. The van der Waals surface area contributed by atoms with E-state index >= 15 is 0 Å². The number of aromatic nitrogens is 4. The van der Waals surface area contributed by atoms with Crippen LogP contribution in [0.25, 0.3) is 10.8 Å². The molecular weight excluding hydrogens is 214 g/mol. The molecule has 0 amide bonds. The Morgan fingerprint density at radius 3 is 2.87 bits per heavy atom. The maximum absolute atomic E-state index is 5.46. The lowest BCUT2D eigenvalue weighted by molar-refractivity contribution is 0.499. The molecule has 0 saturated carbocycles. The molecule has 0 fully saturated rings. The summed E-state index contributed by atoms with van der Waals surface area (Å²) in [6, 6.07) is 0. The Kier molecular flexibility index (Phi) is 3.02. The fourth-order valence-corrected chi connectivity index (χ4v) is 1.71. The minimum atomic E-state index is 0.495. The normalized spacial score (nSPS) is 10.8. The van der Waals surface area contributed by atoms with Gasteiger partial charge in [0.25, 0.3) is 5.89 Å². The first-order valence-electron chi connectivity index (χ1n) is 4.63. The van der Waals surface area contributed by atoms with E-state index in [1.165, 1.54) is 11.5 Å². The highest BCUT2D eigenvalue weighted by Gasteiger charge is 2.13. The third-order valence-corrected chi connectivity index (χ3v) is 2.72. The zero-order chi connectivity index (χ0) is 10.7. The van der Waals surface area contributed by atoms with Crippen LogP contribution in [0.1, 0.15) is 18.0 Å². The molecule has 0 aliphatic carbocycles. The predicted molar refractivity (Wildman–Crippen MR) is 55.3 cm³/mol. The molecule has 2 rings (SSSR count). The van der Waals surface area contributed by atoms with Crippen molar-refractivity contribution in [3.05, 3.63) is 11.6 Å². The van der Waals surface area contributed by atoms with Crippen LogP contribution >= 0.6 is 11.5 Å². The summed E-state index contributed by atoms with van der Waals surface area (Å²) >= 11 is 1.26. The molecule has 7 heteroatoms. The monoisotopic (exact) mass is 225 g/mol. The highest BCUT2D eigenvalue weighted by molar-refractivity contribution is 7.09. The minimum absolute atomic E-state index is 0.495. The lowest BCUT2D eigenvalue weighted by Gasteiger charge is -1.90. The van der Waals surface area contributed by atoms with Gasteiger partial charge in [0.05, 0.1) is 5.69 Å². The number of nitrogens with two attached hydrogens (primary N) is 1. The fraction of sp³-hybridized carbons (Fsp3) is 0.500. The van der Waals surface area contributed by atoms with Gasteiger partial charge in [0.1, 0.15) is 4.88 Å². The van der Waals surface area contributed by atoms with Crippen molar-refractivity contribution in [1.29, 1.82) is 0 Å². The topological polar surface area (TPSA) is 90.7 Å². The Balaban J connectivity index is 2.17. The van der Waals surface area contributed by atoms with Gasteiger partial charge in [0.2, 0.25) is 5.89 Å². The summed E-state index contributed by atoms with van der Waals surface area (Å²) < 4.78 is 9.28. The summed E-state index contributed by atoms with van der Waals surface area (Å²) in [6.45, 7) is 2.49. The average Bonchev–Trinajstić information content (AvgIpc) is 2.83. The van der Waals surface area contributed by atoms with E-state index < -0.39 is 0 Å². The van der Waals surface area contributed by atoms with Crippen LogP contribution in [0.3, 0.4) is 0 Å². The Labute approximate surface area is 90.7 Å². The lowest BCUT2D eigenvalue weighted by Crippen LogP contribution is -2.00. The third kappa shape index (κ3) is 2.18. The SMILES string of the molecule is Cc1nnsc1-c1nnc(CCCN)o1. The summed E-state index contributed by atoms with van der Waals surface area (Å²) in [5.41, 5.74) is 6.21. The largest absolute Gasteiger partial charge is 0.420 e. The Hall–Kier alpha value is -1.34. The van der Waals surface area contributed by atoms with E-state index in [4.69, 9.17) is 10.2 Å². The van der Waals surface area contributed by atoms with Crippen molar-refractivity contribution in [2.45, 2.75) is 19.8 Å². The van der Waals surface area contributed by atoms with Crippen LogP contribution in [0.4, 0.5) is 0 Å². The standard InChI is InChI=1S/C8H11N5OS/c1-5-7(15-13-10-5)8-12-11-6(14-8)3-2-4-9/h2-4,9H2,1H3. The van der Waals surface area contributed by atoms with Crippen molar-refractivity contribution in [3.63, 3.8) is 0 Å². The average molecular weight is 225 g/mol. The van der Waals surface area contributed by atoms with Gasteiger partial charge in [-0.15, -0.1) is 15.3 Å². The van der Waals surface area contributed by atoms with Crippen LogP contribution in [-0.4, -0.2) is 26.3 Å². The molecule has 2 N–H and O–H groups in total. The van der Waals surface area contributed by atoms with Gasteiger partial charge in [-0.2, -0.15) is 0 Å². The van der Waals surface area contributed by atoms with Gasteiger partial charge in [0.15, 0.2) is 0 Å². The van der Waals surface area contributed by atoms with Crippen LogP contribution in [0.15, 0.2) is 4.42 Å². The van der Waals surface area contributed by atoms with Gasteiger partial charge in [-0.3, -0.25) is 0 Å². The van der Waals surface area contributed by atoms with E-state index in [-0.39, 0.29) is 0 Å². The summed E-state index contributed by atoms with van der Waals surface area (Å²) in [5.74, 6) is 1.11. The smallest absolute Gasteiger partial charge is 0.261 e. The van der Waals surface area contributed by atoms with Gasteiger partial charge in [-0.1, -0.05) is 4.49 Å². The van der Waals surface area contributed by atoms with E-state index in [2.05, 4.69) is 19.8 Å². The van der Waals surface area contributed by atoms with Crippen LogP contribution < -0.4 is 5.73 Å². The van der Waals surface area contributed by atoms with E-state index in [1.54, 1.807) is 0 Å². The van der Waals surface area contributed by atoms with Gasteiger partial charge in [-0.05, 0) is 31.4 Å². The molecule has 0 bridgehead atoms. The first-order valence-corrected chi connectivity index (χ1v) is 5.40. The number of hydrogen-bond acceptors (Lipinski definition) is 7. The second-order valence-electron chi connectivity index (χ2n) is 3.08. The summed E-state index contributed by atoms with van der Waals surface area (Å²) in [6.07, 6.45) is 1.57. The molecule has 0 aliphatic rings. The van der Waals surface area contributed by atoms with Crippen LogP contribution in [0, 0.1) is 6.92 Å². The lowest BCUT2D eigenvalue weighted by atomic mass is 10.3. The van der Waals surface area contributed by atoms with Crippen molar-refractivity contribution in [3.8, 4) is 10.8 Å². The summed E-state index contributed by atoms with van der Waals surface area (Å²) in [5, 5.41) is 11.8. The van der Waals surface area contributed by atoms with Crippen molar-refractivity contribution in [2.24, 2.45) is 5.73 Å². The molecule has 0 unspecified atom stereocenters. The zero-order valence-electron chi connectivity index (χ0n) is 8.30. The molecule has 15 heavy (non-hydrogen) atoms. The third-order valence-electron chi connectivity index (χ3n) is 1.91. The number of aryl methyl sites for hydroxylation is 2. The van der Waals surface area contributed by atoms with Crippen molar-refractivity contribution in [2.75, 3.05) is 6.54 Å². The molecule has 2 aromatic rings. The van der Waals surface area contributed by atoms with Crippen molar-refractivity contribution >= 4 is 11.5 Å². The van der Waals surface area contributed by atoms with Crippen LogP contribution in [-0.2, 0) is 6.42 Å². The molecule has 0 saturated heterocycles. The van der Waals surface area contributed by atoms with Crippen molar-refractivity contribution < 1.29 is 4.42 Å².